The quantitative estimate of drug-likeness (QED) is 0.842. The molecule has 4 nitrogen and oxygen atoms in total. The SMILES string of the molecule is CC(N)c1cn(-c2ccc(F)cc2F)nn1. The van der Waals surface area contributed by atoms with Crippen molar-refractivity contribution < 1.29 is 8.78 Å². The molecule has 0 fully saturated rings. The van der Waals surface area contributed by atoms with Gasteiger partial charge in [0, 0.05) is 12.1 Å². The first kappa shape index (κ1) is 10.7. The smallest absolute Gasteiger partial charge is 0.151 e. The molecule has 1 aromatic heterocycles. The Labute approximate surface area is 90.7 Å². The number of nitrogens with zero attached hydrogens (tertiary/aromatic N) is 3. The Morgan fingerprint density at radius 1 is 1.38 bits per heavy atom. The second kappa shape index (κ2) is 3.97. The van der Waals surface area contributed by atoms with E-state index < -0.39 is 11.6 Å². The Kier molecular flexibility index (Phi) is 2.66. The van der Waals surface area contributed by atoms with E-state index in [0.29, 0.717) is 5.69 Å². The lowest BCUT2D eigenvalue weighted by atomic mass is 10.2. The zero-order valence-corrected chi connectivity index (χ0v) is 8.56. The molecule has 0 aliphatic carbocycles. The second-order valence-electron chi connectivity index (χ2n) is 3.47. The van der Waals surface area contributed by atoms with E-state index in [1.54, 1.807) is 6.92 Å². The summed E-state index contributed by atoms with van der Waals surface area (Å²) in [7, 11) is 0. The third-order valence-corrected chi connectivity index (χ3v) is 2.13. The molecule has 2 rings (SSSR count). The zero-order chi connectivity index (χ0) is 11.7. The minimum atomic E-state index is -0.693. The van der Waals surface area contributed by atoms with Gasteiger partial charge in [-0.05, 0) is 19.1 Å². The molecule has 0 radical (unpaired) electrons. The summed E-state index contributed by atoms with van der Waals surface area (Å²) in [6, 6.07) is 2.97. The van der Waals surface area contributed by atoms with Crippen LogP contribution >= 0.6 is 0 Å². The third-order valence-electron chi connectivity index (χ3n) is 2.13. The Hall–Kier alpha value is -1.82. The largest absolute Gasteiger partial charge is 0.323 e. The lowest BCUT2D eigenvalue weighted by molar-refractivity contribution is 0.572. The van der Waals surface area contributed by atoms with E-state index in [4.69, 9.17) is 5.73 Å². The molecule has 0 aliphatic heterocycles. The van der Waals surface area contributed by atoms with Crippen LogP contribution in [0.15, 0.2) is 24.4 Å². The highest BCUT2D eigenvalue weighted by Crippen LogP contribution is 2.15. The van der Waals surface area contributed by atoms with E-state index in [1.807, 2.05) is 0 Å². The molecule has 84 valence electrons. The summed E-state index contributed by atoms with van der Waals surface area (Å²) in [4.78, 5) is 0. The van der Waals surface area contributed by atoms with Crippen LogP contribution in [0.3, 0.4) is 0 Å². The number of halogens is 2. The predicted octanol–water partition coefficient (Wildman–Crippen LogP) is 1.57. The topological polar surface area (TPSA) is 56.7 Å². The fourth-order valence-electron chi connectivity index (χ4n) is 1.27. The summed E-state index contributed by atoms with van der Waals surface area (Å²) in [6.07, 6.45) is 1.51. The van der Waals surface area contributed by atoms with Gasteiger partial charge in [0.15, 0.2) is 5.82 Å². The Balaban J connectivity index is 2.42. The molecule has 0 saturated heterocycles. The highest BCUT2D eigenvalue weighted by atomic mass is 19.1. The minimum absolute atomic E-state index is 0.140. The van der Waals surface area contributed by atoms with Gasteiger partial charge in [0.2, 0.25) is 0 Å². The van der Waals surface area contributed by atoms with Gasteiger partial charge in [-0.25, -0.2) is 13.5 Å². The summed E-state index contributed by atoms with van der Waals surface area (Å²) in [6.45, 7) is 1.75. The average Bonchev–Trinajstić information content (AvgIpc) is 2.66. The first-order valence-corrected chi connectivity index (χ1v) is 4.71. The highest BCUT2D eigenvalue weighted by Gasteiger charge is 2.10. The van der Waals surface area contributed by atoms with Crippen molar-refractivity contribution in [1.82, 2.24) is 15.0 Å². The molecule has 0 bridgehead atoms. The van der Waals surface area contributed by atoms with Crippen molar-refractivity contribution in [3.05, 3.63) is 41.7 Å². The van der Waals surface area contributed by atoms with Crippen LogP contribution in [0.25, 0.3) is 5.69 Å². The molecule has 1 aromatic carbocycles. The number of rotatable bonds is 2. The molecule has 1 heterocycles. The van der Waals surface area contributed by atoms with Crippen molar-refractivity contribution in [2.45, 2.75) is 13.0 Å². The molecule has 6 heteroatoms. The molecule has 16 heavy (non-hydrogen) atoms. The van der Waals surface area contributed by atoms with Crippen LogP contribution in [0.5, 0.6) is 0 Å². The summed E-state index contributed by atoms with van der Waals surface area (Å²) in [5.74, 6) is -1.32. The van der Waals surface area contributed by atoms with Crippen LogP contribution in [0, 0.1) is 11.6 Å². The maximum absolute atomic E-state index is 13.4. The van der Waals surface area contributed by atoms with Crippen molar-refractivity contribution in [3.63, 3.8) is 0 Å². The van der Waals surface area contributed by atoms with Gasteiger partial charge in [0.25, 0.3) is 0 Å². The average molecular weight is 224 g/mol. The van der Waals surface area contributed by atoms with Crippen LogP contribution in [0.4, 0.5) is 8.78 Å². The molecule has 0 aliphatic rings. The van der Waals surface area contributed by atoms with Gasteiger partial charge in [0.1, 0.15) is 11.5 Å². The van der Waals surface area contributed by atoms with E-state index in [-0.39, 0.29) is 11.7 Å². The normalized spacial score (nSPS) is 12.8. The van der Waals surface area contributed by atoms with E-state index in [1.165, 1.54) is 16.9 Å². The number of hydrogen-bond donors (Lipinski definition) is 1. The van der Waals surface area contributed by atoms with Crippen LogP contribution in [0.1, 0.15) is 18.7 Å². The van der Waals surface area contributed by atoms with Crippen molar-refractivity contribution in [2.75, 3.05) is 0 Å². The van der Waals surface area contributed by atoms with Crippen molar-refractivity contribution >= 4 is 0 Å². The van der Waals surface area contributed by atoms with E-state index >= 15 is 0 Å². The summed E-state index contributed by atoms with van der Waals surface area (Å²) >= 11 is 0. The van der Waals surface area contributed by atoms with E-state index in [9.17, 15) is 8.78 Å². The van der Waals surface area contributed by atoms with Crippen LogP contribution < -0.4 is 5.73 Å². The monoisotopic (exact) mass is 224 g/mol. The molecule has 0 amide bonds. The fraction of sp³-hybridized carbons (Fsp3) is 0.200. The Morgan fingerprint density at radius 3 is 2.69 bits per heavy atom. The fourth-order valence-corrected chi connectivity index (χ4v) is 1.27. The number of hydrogen-bond acceptors (Lipinski definition) is 3. The first-order valence-electron chi connectivity index (χ1n) is 4.71. The molecule has 2 N–H and O–H groups in total. The van der Waals surface area contributed by atoms with Gasteiger partial charge in [-0.3, -0.25) is 0 Å². The Morgan fingerprint density at radius 2 is 2.12 bits per heavy atom. The van der Waals surface area contributed by atoms with Crippen molar-refractivity contribution in [1.29, 1.82) is 0 Å². The molecule has 1 unspecified atom stereocenters. The van der Waals surface area contributed by atoms with Gasteiger partial charge in [0.05, 0.1) is 11.9 Å². The highest BCUT2D eigenvalue weighted by molar-refractivity contribution is 5.32. The van der Waals surface area contributed by atoms with Crippen LogP contribution in [-0.2, 0) is 0 Å². The maximum atomic E-state index is 13.4. The summed E-state index contributed by atoms with van der Waals surface area (Å²) < 4.78 is 27.3. The predicted molar refractivity (Wildman–Crippen MR) is 53.9 cm³/mol. The van der Waals surface area contributed by atoms with Gasteiger partial charge < -0.3 is 5.73 Å². The summed E-state index contributed by atoms with van der Waals surface area (Å²) in [5, 5.41) is 7.51. The first-order chi connectivity index (χ1) is 7.58. The molecule has 1 atom stereocenters. The maximum Gasteiger partial charge on any atom is 0.151 e. The standard InChI is InChI=1S/C10H10F2N4/c1-6(13)9-5-16(15-14-9)10-3-2-7(11)4-8(10)12/h2-6H,13H2,1H3. The molecular weight excluding hydrogens is 214 g/mol. The molecule has 0 spiro atoms. The number of nitrogens with two attached hydrogens (primary N) is 1. The second-order valence-corrected chi connectivity index (χ2v) is 3.47. The van der Waals surface area contributed by atoms with E-state index in [2.05, 4.69) is 10.3 Å². The van der Waals surface area contributed by atoms with Crippen LogP contribution in [-0.4, -0.2) is 15.0 Å². The van der Waals surface area contributed by atoms with Gasteiger partial charge >= 0.3 is 0 Å². The third kappa shape index (κ3) is 1.92. The van der Waals surface area contributed by atoms with E-state index in [0.717, 1.165) is 12.1 Å². The van der Waals surface area contributed by atoms with Crippen molar-refractivity contribution in [3.8, 4) is 5.69 Å². The Bertz CT molecular complexity index is 507. The van der Waals surface area contributed by atoms with Gasteiger partial charge in [-0.1, -0.05) is 5.21 Å². The zero-order valence-electron chi connectivity index (χ0n) is 8.56. The minimum Gasteiger partial charge on any atom is -0.323 e. The molecular formula is C10H10F2N4. The molecule has 0 saturated carbocycles. The van der Waals surface area contributed by atoms with Gasteiger partial charge in [-0.15, -0.1) is 5.10 Å². The van der Waals surface area contributed by atoms with Crippen molar-refractivity contribution in [2.24, 2.45) is 5.73 Å². The number of aromatic nitrogens is 3. The lowest BCUT2D eigenvalue weighted by Crippen LogP contribution is -2.05. The lowest BCUT2D eigenvalue weighted by Gasteiger charge is -2.01. The molecule has 2 aromatic rings. The number of benzene rings is 1. The van der Waals surface area contributed by atoms with Crippen LogP contribution in [0.2, 0.25) is 0 Å². The summed E-state index contributed by atoms with van der Waals surface area (Å²) in [5.41, 5.74) is 6.28. The van der Waals surface area contributed by atoms with Gasteiger partial charge in [-0.2, -0.15) is 0 Å².